The van der Waals surface area contributed by atoms with Crippen molar-refractivity contribution in [2.24, 2.45) is 0 Å². The lowest BCUT2D eigenvalue weighted by Gasteiger charge is -2.21. The molecular weight excluding hydrogens is 363 g/mol. The Morgan fingerprint density at radius 3 is 2.25 bits per heavy atom. The second-order valence-corrected chi connectivity index (χ2v) is 6.28. The molecule has 0 heterocycles. The van der Waals surface area contributed by atoms with Crippen molar-refractivity contribution in [3.05, 3.63) is 59.4 Å². The third-order valence-corrected chi connectivity index (χ3v) is 4.25. The summed E-state index contributed by atoms with van der Waals surface area (Å²) < 4.78 is 23.4. The third-order valence-electron chi connectivity index (χ3n) is 4.25. The fourth-order valence-corrected chi connectivity index (χ4v) is 2.73. The van der Waals surface area contributed by atoms with Crippen molar-refractivity contribution in [2.45, 2.75) is 19.9 Å². The summed E-state index contributed by atoms with van der Waals surface area (Å²) in [5.74, 6) is 0.580. The van der Waals surface area contributed by atoms with Crippen LogP contribution in [0.5, 0.6) is 11.5 Å². The van der Waals surface area contributed by atoms with Gasteiger partial charge in [0, 0.05) is 26.6 Å². The number of rotatable bonds is 9. The van der Waals surface area contributed by atoms with E-state index in [2.05, 4.69) is 5.32 Å². The minimum Gasteiger partial charge on any atom is -0.493 e. The molecule has 0 aliphatic carbocycles. The smallest absolute Gasteiger partial charge is 0.224 e. The van der Waals surface area contributed by atoms with Crippen LogP contribution in [0.25, 0.3) is 0 Å². The van der Waals surface area contributed by atoms with Crippen molar-refractivity contribution in [3.8, 4) is 11.5 Å². The van der Waals surface area contributed by atoms with E-state index in [1.54, 1.807) is 49.5 Å². The quantitative estimate of drug-likeness (QED) is 0.717. The van der Waals surface area contributed by atoms with Crippen LogP contribution in [0.2, 0.25) is 0 Å². The average molecular weight is 388 g/mol. The number of carbonyl (C=O) groups excluding carboxylic acids is 2. The lowest BCUT2D eigenvalue weighted by atomic mass is 10.1. The first-order chi connectivity index (χ1) is 13.4. The molecule has 0 bridgehead atoms. The maximum atomic E-state index is 13.0. The van der Waals surface area contributed by atoms with Gasteiger partial charge in [-0.25, -0.2) is 4.39 Å². The van der Waals surface area contributed by atoms with E-state index < -0.39 is 0 Å². The number of hydrogen-bond donors (Lipinski definition) is 1. The summed E-state index contributed by atoms with van der Waals surface area (Å²) in [5.41, 5.74) is 1.62. The SMILES string of the molecule is COc1ccc(CC(=O)NCCN(Cc2ccc(F)cc2)C(C)=O)cc1OC. The number of benzene rings is 2. The first kappa shape index (κ1) is 21.2. The zero-order valence-electron chi connectivity index (χ0n) is 16.3. The van der Waals surface area contributed by atoms with Crippen molar-refractivity contribution >= 4 is 11.8 Å². The van der Waals surface area contributed by atoms with Gasteiger partial charge in [0.25, 0.3) is 0 Å². The van der Waals surface area contributed by atoms with Crippen LogP contribution in [0.4, 0.5) is 4.39 Å². The van der Waals surface area contributed by atoms with Crippen LogP contribution in [-0.4, -0.2) is 44.0 Å². The molecule has 28 heavy (non-hydrogen) atoms. The Morgan fingerprint density at radius 2 is 1.64 bits per heavy atom. The minimum absolute atomic E-state index is 0.113. The Balaban J connectivity index is 1.85. The van der Waals surface area contributed by atoms with Gasteiger partial charge in [-0.1, -0.05) is 18.2 Å². The standard InChI is InChI=1S/C21H25FN2O4/c1-15(25)24(14-16-4-7-18(22)8-5-16)11-10-23-21(26)13-17-6-9-19(27-2)20(12-17)28-3/h4-9,12H,10-11,13-14H2,1-3H3,(H,23,26). The van der Waals surface area contributed by atoms with E-state index in [1.165, 1.54) is 19.1 Å². The van der Waals surface area contributed by atoms with Crippen LogP contribution < -0.4 is 14.8 Å². The lowest BCUT2D eigenvalue weighted by Crippen LogP contribution is -2.37. The summed E-state index contributed by atoms with van der Waals surface area (Å²) in [5, 5.41) is 2.81. The van der Waals surface area contributed by atoms with Crippen molar-refractivity contribution in [1.29, 1.82) is 0 Å². The maximum Gasteiger partial charge on any atom is 0.224 e. The number of nitrogens with one attached hydrogen (secondary N) is 1. The zero-order chi connectivity index (χ0) is 20.5. The van der Waals surface area contributed by atoms with E-state index in [1.807, 2.05) is 0 Å². The molecule has 0 saturated heterocycles. The number of methoxy groups -OCH3 is 2. The van der Waals surface area contributed by atoms with E-state index >= 15 is 0 Å². The maximum absolute atomic E-state index is 13.0. The van der Waals surface area contributed by atoms with Crippen LogP contribution in [0, 0.1) is 5.82 Å². The first-order valence-corrected chi connectivity index (χ1v) is 8.90. The molecule has 2 amide bonds. The summed E-state index contributed by atoms with van der Waals surface area (Å²) in [4.78, 5) is 25.6. The van der Waals surface area contributed by atoms with E-state index in [-0.39, 0.29) is 24.1 Å². The Bertz CT molecular complexity index is 809. The number of carbonyl (C=O) groups is 2. The van der Waals surface area contributed by atoms with Crippen molar-refractivity contribution in [2.75, 3.05) is 27.3 Å². The predicted octanol–water partition coefficient (Wildman–Crippen LogP) is 2.55. The predicted molar refractivity (Wildman–Crippen MR) is 104 cm³/mol. The molecule has 2 aromatic rings. The molecule has 0 unspecified atom stereocenters. The van der Waals surface area contributed by atoms with E-state index in [9.17, 15) is 14.0 Å². The topological polar surface area (TPSA) is 67.9 Å². The Morgan fingerprint density at radius 1 is 1.00 bits per heavy atom. The summed E-state index contributed by atoms with van der Waals surface area (Å²) in [6.45, 7) is 2.52. The first-order valence-electron chi connectivity index (χ1n) is 8.90. The fraction of sp³-hybridized carbons (Fsp3) is 0.333. The number of halogens is 1. The Labute approximate surface area is 164 Å². The molecule has 150 valence electrons. The molecule has 0 spiro atoms. The van der Waals surface area contributed by atoms with E-state index in [0.29, 0.717) is 31.1 Å². The normalized spacial score (nSPS) is 10.3. The molecule has 0 atom stereocenters. The van der Waals surface area contributed by atoms with Gasteiger partial charge >= 0.3 is 0 Å². The summed E-state index contributed by atoms with van der Waals surface area (Å²) >= 11 is 0. The van der Waals surface area contributed by atoms with Gasteiger partial charge in [0.05, 0.1) is 20.6 Å². The van der Waals surface area contributed by atoms with Gasteiger partial charge in [-0.3, -0.25) is 9.59 Å². The number of amides is 2. The average Bonchev–Trinajstić information content (AvgIpc) is 2.68. The minimum atomic E-state index is -0.319. The van der Waals surface area contributed by atoms with Gasteiger partial charge in [-0.05, 0) is 35.4 Å². The fourth-order valence-electron chi connectivity index (χ4n) is 2.73. The van der Waals surface area contributed by atoms with Crippen molar-refractivity contribution < 1.29 is 23.5 Å². The van der Waals surface area contributed by atoms with Crippen LogP contribution in [0.15, 0.2) is 42.5 Å². The van der Waals surface area contributed by atoms with Gasteiger partial charge in [-0.2, -0.15) is 0 Å². The highest BCUT2D eigenvalue weighted by Crippen LogP contribution is 2.27. The van der Waals surface area contributed by atoms with E-state index in [0.717, 1.165) is 11.1 Å². The highest BCUT2D eigenvalue weighted by molar-refractivity contribution is 5.79. The van der Waals surface area contributed by atoms with E-state index in [4.69, 9.17) is 9.47 Å². The molecule has 0 aliphatic rings. The highest BCUT2D eigenvalue weighted by Gasteiger charge is 2.11. The largest absolute Gasteiger partial charge is 0.493 e. The van der Waals surface area contributed by atoms with Gasteiger partial charge in [0.2, 0.25) is 11.8 Å². The van der Waals surface area contributed by atoms with Crippen molar-refractivity contribution in [3.63, 3.8) is 0 Å². The third kappa shape index (κ3) is 6.26. The number of nitrogens with zero attached hydrogens (tertiary/aromatic N) is 1. The molecule has 2 aromatic carbocycles. The Kier molecular flexibility index (Phi) is 7.80. The molecular formula is C21H25FN2O4. The van der Waals surface area contributed by atoms with Crippen LogP contribution >= 0.6 is 0 Å². The molecule has 0 radical (unpaired) electrons. The molecule has 0 aliphatic heterocycles. The molecule has 2 rings (SSSR count). The number of hydrogen-bond acceptors (Lipinski definition) is 4. The molecule has 7 heteroatoms. The monoisotopic (exact) mass is 388 g/mol. The molecule has 0 saturated carbocycles. The van der Waals surface area contributed by atoms with Crippen LogP contribution in [0.3, 0.4) is 0 Å². The summed E-state index contributed by atoms with van der Waals surface area (Å²) in [6.07, 6.45) is 0.193. The second-order valence-electron chi connectivity index (χ2n) is 6.28. The molecule has 0 aromatic heterocycles. The molecule has 1 N–H and O–H groups in total. The lowest BCUT2D eigenvalue weighted by molar-refractivity contribution is -0.130. The summed E-state index contributed by atoms with van der Waals surface area (Å²) in [7, 11) is 3.09. The summed E-state index contributed by atoms with van der Waals surface area (Å²) in [6, 6.07) is 11.3. The molecule has 0 fully saturated rings. The van der Waals surface area contributed by atoms with Gasteiger partial charge in [0.15, 0.2) is 11.5 Å². The highest BCUT2D eigenvalue weighted by atomic mass is 19.1. The molecule has 6 nitrogen and oxygen atoms in total. The Hall–Kier alpha value is -3.09. The van der Waals surface area contributed by atoms with Gasteiger partial charge in [0.1, 0.15) is 5.82 Å². The number of ether oxygens (including phenoxy) is 2. The van der Waals surface area contributed by atoms with Crippen LogP contribution in [-0.2, 0) is 22.6 Å². The second kappa shape index (κ2) is 10.3. The van der Waals surface area contributed by atoms with Crippen LogP contribution in [0.1, 0.15) is 18.1 Å². The van der Waals surface area contributed by atoms with Gasteiger partial charge < -0.3 is 19.7 Å². The zero-order valence-corrected chi connectivity index (χ0v) is 16.3. The van der Waals surface area contributed by atoms with Crippen molar-refractivity contribution in [1.82, 2.24) is 10.2 Å². The van der Waals surface area contributed by atoms with Gasteiger partial charge in [-0.15, -0.1) is 0 Å².